The third-order valence-corrected chi connectivity index (χ3v) is 3.57. The van der Waals surface area contributed by atoms with Crippen LogP contribution in [0, 0.1) is 13.8 Å². The van der Waals surface area contributed by atoms with E-state index in [-0.39, 0.29) is 0 Å². The van der Waals surface area contributed by atoms with Crippen LogP contribution in [0.2, 0.25) is 10.0 Å². The van der Waals surface area contributed by atoms with E-state index < -0.39 is 0 Å². The molecule has 0 aliphatic carbocycles. The van der Waals surface area contributed by atoms with Crippen LogP contribution in [0.25, 0.3) is 11.1 Å². The van der Waals surface area contributed by atoms with Crippen LogP contribution < -0.4 is 0 Å². The van der Waals surface area contributed by atoms with Crippen LogP contribution in [0.5, 0.6) is 0 Å². The first kappa shape index (κ1) is 11.5. The zero-order valence-corrected chi connectivity index (χ0v) is 10.7. The summed E-state index contributed by atoms with van der Waals surface area (Å²) < 4.78 is 0. The van der Waals surface area contributed by atoms with Gasteiger partial charge in [-0.3, -0.25) is 0 Å². The number of hydrogen-bond donors (Lipinski definition) is 0. The van der Waals surface area contributed by atoms with Gasteiger partial charge in [0.2, 0.25) is 0 Å². The van der Waals surface area contributed by atoms with Crippen molar-refractivity contribution in [2.24, 2.45) is 0 Å². The Bertz CT molecular complexity index is 530. The van der Waals surface area contributed by atoms with Gasteiger partial charge in [-0.15, -0.1) is 0 Å². The Morgan fingerprint density at radius 1 is 0.875 bits per heavy atom. The van der Waals surface area contributed by atoms with Gasteiger partial charge in [0, 0.05) is 0 Å². The molecule has 0 amide bonds. The van der Waals surface area contributed by atoms with E-state index in [1.165, 1.54) is 16.7 Å². The van der Waals surface area contributed by atoms with Crippen molar-refractivity contribution in [3.63, 3.8) is 0 Å². The largest absolute Gasteiger partial charge is 0.0827 e. The van der Waals surface area contributed by atoms with E-state index >= 15 is 0 Å². The topological polar surface area (TPSA) is 0 Å². The molecule has 82 valence electrons. The van der Waals surface area contributed by atoms with Crippen molar-refractivity contribution in [3.8, 4) is 11.1 Å². The first-order valence-electron chi connectivity index (χ1n) is 5.11. The van der Waals surface area contributed by atoms with E-state index in [1.54, 1.807) is 0 Å². The van der Waals surface area contributed by atoms with Gasteiger partial charge in [-0.1, -0.05) is 47.5 Å². The highest BCUT2D eigenvalue weighted by molar-refractivity contribution is 6.42. The van der Waals surface area contributed by atoms with Gasteiger partial charge in [0.15, 0.2) is 0 Å². The number of aryl methyl sites for hydroxylation is 1. The van der Waals surface area contributed by atoms with Gasteiger partial charge in [0.1, 0.15) is 0 Å². The molecule has 0 fully saturated rings. The normalized spacial score (nSPS) is 10.5. The predicted octanol–water partition coefficient (Wildman–Crippen LogP) is 5.28. The second-order valence-electron chi connectivity index (χ2n) is 3.88. The molecule has 0 bridgehead atoms. The monoisotopic (exact) mass is 250 g/mol. The SMILES string of the molecule is Cc1cccc(-c2ccc(Cl)c(Cl)c2)c1C. The van der Waals surface area contributed by atoms with Crippen LogP contribution in [0.1, 0.15) is 11.1 Å². The van der Waals surface area contributed by atoms with Crippen molar-refractivity contribution in [2.75, 3.05) is 0 Å². The third-order valence-electron chi connectivity index (χ3n) is 2.84. The van der Waals surface area contributed by atoms with Crippen molar-refractivity contribution >= 4 is 23.2 Å². The summed E-state index contributed by atoms with van der Waals surface area (Å²) in [5.74, 6) is 0. The van der Waals surface area contributed by atoms with Crippen LogP contribution >= 0.6 is 23.2 Å². The Morgan fingerprint density at radius 2 is 1.62 bits per heavy atom. The van der Waals surface area contributed by atoms with Crippen LogP contribution in [-0.4, -0.2) is 0 Å². The Kier molecular flexibility index (Phi) is 3.22. The van der Waals surface area contributed by atoms with Gasteiger partial charge < -0.3 is 0 Å². The molecule has 0 unspecified atom stereocenters. The lowest BCUT2D eigenvalue weighted by atomic mass is 9.97. The van der Waals surface area contributed by atoms with Crippen molar-refractivity contribution in [3.05, 3.63) is 57.6 Å². The van der Waals surface area contributed by atoms with E-state index in [9.17, 15) is 0 Å². The van der Waals surface area contributed by atoms with E-state index in [4.69, 9.17) is 23.2 Å². The Balaban J connectivity index is 2.59. The second-order valence-corrected chi connectivity index (χ2v) is 4.69. The summed E-state index contributed by atoms with van der Waals surface area (Å²) in [4.78, 5) is 0. The van der Waals surface area contributed by atoms with E-state index in [1.807, 2.05) is 18.2 Å². The molecule has 0 saturated carbocycles. The molecule has 2 heteroatoms. The van der Waals surface area contributed by atoms with Gasteiger partial charge in [-0.25, -0.2) is 0 Å². The molecule has 0 heterocycles. The number of rotatable bonds is 1. The standard InChI is InChI=1S/C14H12Cl2/c1-9-4-3-5-12(10(9)2)11-6-7-13(15)14(16)8-11/h3-8H,1-2H3. The summed E-state index contributed by atoms with van der Waals surface area (Å²) in [6.45, 7) is 4.23. The maximum absolute atomic E-state index is 6.02. The minimum absolute atomic E-state index is 0.593. The van der Waals surface area contributed by atoms with Crippen LogP contribution in [-0.2, 0) is 0 Å². The Labute approximate surface area is 106 Å². The average molecular weight is 251 g/mol. The lowest BCUT2D eigenvalue weighted by Gasteiger charge is -2.09. The molecule has 2 rings (SSSR count). The quantitative estimate of drug-likeness (QED) is 0.647. The fourth-order valence-corrected chi connectivity index (χ4v) is 2.03. The molecule has 0 N–H and O–H groups in total. The highest BCUT2D eigenvalue weighted by Crippen LogP contribution is 2.31. The molecule has 0 radical (unpaired) electrons. The molecule has 0 aliphatic heterocycles. The molecule has 0 spiro atoms. The Morgan fingerprint density at radius 3 is 2.31 bits per heavy atom. The maximum atomic E-state index is 6.02. The smallest absolute Gasteiger partial charge is 0.0598 e. The summed E-state index contributed by atoms with van der Waals surface area (Å²) >= 11 is 11.9. The molecular weight excluding hydrogens is 239 g/mol. The number of halogens is 2. The number of hydrogen-bond acceptors (Lipinski definition) is 0. The molecule has 0 aliphatic rings. The van der Waals surface area contributed by atoms with Gasteiger partial charge in [-0.05, 0) is 48.2 Å². The minimum atomic E-state index is 0.593. The highest BCUT2D eigenvalue weighted by Gasteiger charge is 2.05. The molecule has 16 heavy (non-hydrogen) atoms. The number of benzene rings is 2. The van der Waals surface area contributed by atoms with Crippen molar-refractivity contribution in [2.45, 2.75) is 13.8 Å². The van der Waals surface area contributed by atoms with Crippen molar-refractivity contribution in [1.82, 2.24) is 0 Å². The minimum Gasteiger partial charge on any atom is -0.0827 e. The fraction of sp³-hybridized carbons (Fsp3) is 0.143. The molecular formula is C14H12Cl2. The molecule has 0 saturated heterocycles. The zero-order chi connectivity index (χ0) is 11.7. The van der Waals surface area contributed by atoms with Gasteiger partial charge in [-0.2, -0.15) is 0 Å². The van der Waals surface area contributed by atoms with Crippen molar-refractivity contribution < 1.29 is 0 Å². The van der Waals surface area contributed by atoms with Crippen molar-refractivity contribution in [1.29, 1.82) is 0 Å². The zero-order valence-electron chi connectivity index (χ0n) is 9.22. The lowest BCUT2D eigenvalue weighted by molar-refractivity contribution is 1.34. The van der Waals surface area contributed by atoms with Crippen LogP contribution in [0.4, 0.5) is 0 Å². The molecule has 0 aromatic heterocycles. The van der Waals surface area contributed by atoms with E-state index in [0.29, 0.717) is 10.0 Å². The van der Waals surface area contributed by atoms with E-state index in [2.05, 4.69) is 32.0 Å². The Hall–Kier alpha value is -0.980. The first-order chi connectivity index (χ1) is 7.59. The van der Waals surface area contributed by atoms with Crippen LogP contribution in [0.3, 0.4) is 0 Å². The molecule has 0 atom stereocenters. The first-order valence-corrected chi connectivity index (χ1v) is 5.87. The molecule has 2 aromatic rings. The van der Waals surface area contributed by atoms with Gasteiger partial charge in [0.25, 0.3) is 0 Å². The fourth-order valence-electron chi connectivity index (χ4n) is 1.73. The highest BCUT2D eigenvalue weighted by atomic mass is 35.5. The van der Waals surface area contributed by atoms with E-state index in [0.717, 1.165) is 5.56 Å². The lowest BCUT2D eigenvalue weighted by Crippen LogP contribution is -1.86. The van der Waals surface area contributed by atoms with Gasteiger partial charge in [0.05, 0.1) is 10.0 Å². The second kappa shape index (κ2) is 4.48. The summed E-state index contributed by atoms with van der Waals surface area (Å²) in [5, 5.41) is 1.19. The summed E-state index contributed by atoms with van der Waals surface area (Å²) in [7, 11) is 0. The maximum Gasteiger partial charge on any atom is 0.0598 e. The predicted molar refractivity (Wildman–Crippen MR) is 71.4 cm³/mol. The van der Waals surface area contributed by atoms with Gasteiger partial charge >= 0.3 is 0 Å². The summed E-state index contributed by atoms with van der Waals surface area (Å²) in [6.07, 6.45) is 0. The average Bonchev–Trinajstić information content (AvgIpc) is 2.26. The molecule has 2 aromatic carbocycles. The van der Waals surface area contributed by atoms with Crippen LogP contribution in [0.15, 0.2) is 36.4 Å². The summed E-state index contributed by atoms with van der Waals surface area (Å²) in [6, 6.07) is 12.0. The molecule has 0 nitrogen and oxygen atoms in total. The summed E-state index contributed by atoms with van der Waals surface area (Å²) in [5.41, 5.74) is 4.87. The third kappa shape index (κ3) is 2.09.